The molecule has 0 aromatic rings. The number of fused-ring (bicyclic) bond motifs is 5. The van der Waals surface area contributed by atoms with Crippen LogP contribution >= 0.6 is 0 Å². The van der Waals surface area contributed by atoms with Gasteiger partial charge in [-0.25, -0.2) is 0 Å². The number of ether oxygens (including phenoxy) is 1. The van der Waals surface area contributed by atoms with Crippen LogP contribution < -0.4 is 0 Å². The molecule has 0 amide bonds. The van der Waals surface area contributed by atoms with Crippen molar-refractivity contribution in [2.45, 2.75) is 117 Å². The van der Waals surface area contributed by atoms with Gasteiger partial charge in [-0.3, -0.25) is 9.59 Å². The van der Waals surface area contributed by atoms with Crippen LogP contribution in [-0.4, -0.2) is 25.9 Å². The Morgan fingerprint density at radius 1 is 1.06 bits per heavy atom. The lowest BCUT2D eigenvalue weighted by atomic mass is 9.47. The molecule has 0 aliphatic heterocycles. The van der Waals surface area contributed by atoms with Gasteiger partial charge >= 0.3 is 5.97 Å². The van der Waals surface area contributed by atoms with E-state index in [1.165, 1.54) is 31.8 Å². The van der Waals surface area contributed by atoms with Crippen molar-refractivity contribution in [2.75, 3.05) is 0 Å². The van der Waals surface area contributed by atoms with Gasteiger partial charge in [0.15, 0.2) is 14.1 Å². The van der Waals surface area contributed by atoms with Gasteiger partial charge in [-0.15, -0.1) is 0 Å². The molecule has 5 heteroatoms. The molecule has 4 aliphatic rings. The fourth-order valence-corrected chi connectivity index (χ4v) is 9.05. The highest BCUT2D eigenvalue weighted by molar-refractivity contribution is 6.74. The number of esters is 1. The second-order valence-electron chi connectivity index (χ2n) is 13.1. The van der Waals surface area contributed by atoms with Gasteiger partial charge in [0, 0.05) is 24.7 Å². The lowest BCUT2D eigenvalue weighted by Gasteiger charge is -2.59. The molecule has 0 N–H and O–H groups in total. The SMILES string of the molecule is CC(=O)OC1(O[Si](C)(C)C(C)(C)C)CC[C@H]2[C@@H]3C(=O)C=C4CCCC[C@]4(C)[C@@H]3CC[C@@]21C. The van der Waals surface area contributed by atoms with Crippen molar-refractivity contribution < 1.29 is 18.8 Å². The molecule has 32 heavy (non-hydrogen) atoms. The average molecular weight is 461 g/mol. The van der Waals surface area contributed by atoms with Gasteiger partial charge in [-0.05, 0) is 80.0 Å². The van der Waals surface area contributed by atoms with Gasteiger partial charge in [0.25, 0.3) is 0 Å². The zero-order chi connectivity index (χ0) is 23.7. The summed E-state index contributed by atoms with van der Waals surface area (Å²) in [5.74, 6) is -0.227. The lowest BCUT2D eigenvalue weighted by Crippen LogP contribution is -2.61. The Labute approximate surface area is 196 Å². The molecule has 6 atom stereocenters. The summed E-state index contributed by atoms with van der Waals surface area (Å²) >= 11 is 0. The topological polar surface area (TPSA) is 52.6 Å². The maximum Gasteiger partial charge on any atom is 0.305 e. The van der Waals surface area contributed by atoms with E-state index in [9.17, 15) is 9.59 Å². The molecular formula is C27H44O4Si. The maximum absolute atomic E-state index is 13.6. The van der Waals surface area contributed by atoms with Crippen LogP contribution in [0.15, 0.2) is 11.6 Å². The van der Waals surface area contributed by atoms with Crippen molar-refractivity contribution >= 4 is 20.1 Å². The highest BCUT2D eigenvalue weighted by Gasteiger charge is 2.69. The zero-order valence-electron chi connectivity index (χ0n) is 21.6. The largest absolute Gasteiger partial charge is 0.434 e. The van der Waals surface area contributed by atoms with Gasteiger partial charge in [0.1, 0.15) is 0 Å². The van der Waals surface area contributed by atoms with E-state index in [4.69, 9.17) is 9.16 Å². The summed E-state index contributed by atoms with van der Waals surface area (Å²) < 4.78 is 13.2. The van der Waals surface area contributed by atoms with Crippen molar-refractivity contribution in [3.05, 3.63) is 11.6 Å². The van der Waals surface area contributed by atoms with E-state index in [2.05, 4.69) is 47.7 Å². The minimum absolute atomic E-state index is 0.0136. The monoisotopic (exact) mass is 460 g/mol. The first-order valence-corrected chi connectivity index (χ1v) is 15.7. The number of hydrogen-bond acceptors (Lipinski definition) is 4. The van der Waals surface area contributed by atoms with Gasteiger partial charge in [-0.2, -0.15) is 0 Å². The summed E-state index contributed by atoms with van der Waals surface area (Å²) in [6, 6.07) is 0. The van der Waals surface area contributed by atoms with Crippen molar-refractivity contribution in [2.24, 2.45) is 28.6 Å². The Morgan fingerprint density at radius 3 is 2.34 bits per heavy atom. The minimum Gasteiger partial charge on any atom is -0.434 e. The predicted octanol–water partition coefficient (Wildman–Crippen LogP) is 6.80. The molecule has 3 fully saturated rings. The first kappa shape index (κ1) is 24.2. The van der Waals surface area contributed by atoms with Crippen molar-refractivity contribution in [3.8, 4) is 0 Å². The van der Waals surface area contributed by atoms with Crippen LogP contribution in [0.1, 0.15) is 92.9 Å². The molecular weight excluding hydrogens is 416 g/mol. The second-order valence-corrected chi connectivity index (χ2v) is 17.9. The first-order chi connectivity index (χ1) is 14.7. The third-order valence-corrected chi connectivity index (χ3v) is 14.9. The van der Waals surface area contributed by atoms with Gasteiger partial charge in [0.05, 0.1) is 0 Å². The Bertz CT molecular complexity index is 839. The summed E-state index contributed by atoms with van der Waals surface area (Å²) in [6.45, 7) is 17.4. The van der Waals surface area contributed by atoms with E-state index in [-0.39, 0.29) is 33.7 Å². The quantitative estimate of drug-likeness (QED) is 0.264. The molecule has 0 radical (unpaired) electrons. The molecule has 0 heterocycles. The van der Waals surface area contributed by atoms with E-state index >= 15 is 0 Å². The first-order valence-electron chi connectivity index (χ1n) is 12.8. The minimum atomic E-state index is -2.21. The standard InChI is InChI=1S/C27H44O4Si/c1-18(28)30-27(31-32(7,8)24(2,3)4)16-13-21-23-20(12-15-26(21,27)6)25(5)14-10-9-11-19(25)17-22(23)29/h17,20-21,23H,9-16H2,1-8H3/t20-,21+,23-,25+,26+,27?/m1/s1. The van der Waals surface area contributed by atoms with Crippen LogP contribution in [0.5, 0.6) is 0 Å². The summed E-state index contributed by atoms with van der Waals surface area (Å²) in [5.41, 5.74) is 1.23. The van der Waals surface area contributed by atoms with Crippen LogP contribution in [0.25, 0.3) is 0 Å². The predicted molar refractivity (Wildman–Crippen MR) is 129 cm³/mol. The Balaban J connectivity index is 1.75. The van der Waals surface area contributed by atoms with Crippen molar-refractivity contribution in [3.63, 3.8) is 0 Å². The van der Waals surface area contributed by atoms with Crippen molar-refractivity contribution in [1.82, 2.24) is 0 Å². The van der Waals surface area contributed by atoms with Crippen LogP contribution in [0, 0.1) is 28.6 Å². The summed E-state index contributed by atoms with van der Waals surface area (Å²) in [5, 5.41) is 0.0136. The molecule has 0 aromatic heterocycles. The second kappa shape index (κ2) is 7.53. The number of carbonyl (C=O) groups is 2. The molecule has 3 saturated carbocycles. The lowest BCUT2D eigenvalue weighted by molar-refractivity contribution is -0.252. The van der Waals surface area contributed by atoms with Gasteiger partial charge in [-0.1, -0.05) is 46.6 Å². The van der Waals surface area contributed by atoms with Crippen LogP contribution in [-0.2, 0) is 18.8 Å². The Kier molecular flexibility index (Phi) is 5.69. The molecule has 0 saturated heterocycles. The summed E-state index contributed by atoms with van der Waals surface area (Å²) in [7, 11) is -2.21. The molecule has 4 rings (SSSR count). The normalized spacial score (nSPS) is 41.9. The van der Waals surface area contributed by atoms with E-state index in [0.717, 1.165) is 25.7 Å². The molecule has 4 aliphatic carbocycles. The van der Waals surface area contributed by atoms with E-state index in [1.54, 1.807) is 0 Å². The van der Waals surface area contributed by atoms with Crippen LogP contribution in [0.4, 0.5) is 0 Å². The number of rotatable bonds is 3. The third-order valence-electron chi connectivity index (χ3n) is 10.4. The fourth-order valence-electron chi connectivity index (χ4n) is 7.55. The molecule has 4 nitrogen and oxygen atoms in total. The average Bonchev–Trinajstić information content (AvgIpc) is 2.92. The van der Waals surface area contributed by atoms with Crippen LogP contribution in [0.3, 0.4) is 0 Å². The maximum atomic E-state index is 13.6. The van der Waals surface area contributed by atoms with Crippen LogP contribution in [0.2, 0.25) is 18.1 Å². The molecule has 0 bridgehead atoms. The Morgan fingerprint density at radius 2 is 1.72 bits per heavy atom. The zero-order valence-corrected chi connectivity index (χ0v) is 22.6. The van der Waals surface area contributed by atoms with Gasteiger partial charge < -0.3 is 9.16 Å². The number of allylic oxidation sites excluding steroid dienone is 2. The molecule has 0 spiro atoms. The number of carbonyl (C=O) groups excluding carboxylic acids is 2. The van der Waals surface area contributed by atoms with E-state index in [1.807, 2.05) is 6.08 Å². The fraction of sp³-hybridized carbons (Fsp3) is 0.852. The third kappa shape index (κ3) is 3.40. The Hall–Kier alpha value is -0.943. The van der Waals surface area contributed by atoms with Gasteiger partial charge in [0.2, 0.25) is 5.79 Å². The number of hydrogen-bond donors (Lipinski definition) is 0. The molecule has 1 unspecified atom stereocenters. The van der Waals surface area contributed by atoms with Crippen molar-refractivity contribution in [1.29, 1.82) is 0 Å². The molecule has 0 aromatic carbocycles. The van der Waals surface area contributed by atoms with E-state index < -0.39 is 14.1 Å². The van der Waals surface area contributed by atoms with E-state index in [0.29, 0.717) is 18.1 Å². The smallest absolute Gasteiger partial charge is 0.305 e. The summed E-state index contributed by atoms with van der Waals surface area (Å²) in [4.78, 5) is 26.0. The highest BCUT2D eigenvalue weighted by Crippen LogP contribution is 2.68. The highest BCUT2D eigenvalue weighted by atomic mass is 28.4. The summed E-state index contributed by atoms with van der Waals surface area (Å²) in [6.07, 6.45) is 10.3. The number of ketones is 1. The molecule has 180 valence electrons.